The van der Waals surface area contributed by atoms with Gasteiger partial charge in [-0.05, 0) is 75.5 Å². The molecule has 0 unspecified atom stereocenters. The van der Waals surface area contributed by atoms with Crippen molar-refractivity contribution in [2.24, 2.45) is 23.2 Å². The highest BCUT2D eigenvalue weighted by Gasteiger charge is 2.46. The summed E-state index contributed by atoms with van der Waals surface area (Å²) in [6, 6.07) is 0. The van der Waals surface area contributed by atoms with E-state index in [1.165, 1.54) is 37.7 Å². The van der Waals surface area contributed by atoms with E-state index >= 15 is 0 Å². The molecule has 118 valence electrons. The van der Waals surface area contributed by atoms with Crippen molar-refractivity contribution in [2.75, 3.05) is 0 Å². The molecule has 21 heavy (non-hydrogen) atoms. The molecule has 1 nitrogen and oxygen atoms in total. The fraction of sp³-hybridized carbons (Fsp3) is 0.750. The van der Waals surface area contributed by atoms with Gasteiger partial charge < -0.3 is 4.79 Å². The Morgan fingerprint density at radius 1 is 1.48 bits per heavy atom. The molecular formula is C20H32O. The second-order valence-corrected chi connectivity index (χ2v) is 7.92. The van der Waals surface area contributed by atoms with Gasteiger partial charge in [-0.3, -0.25) is 0 Å². The number of carbonyl (C=O) groups is 1. The van der Waals surface area contributed by atoms with Crippen LogP contribution in [0.5, 0.6) is 0 Å². The van der Waals surface area contributed by atoms with Crippen LogP contribution in [0.2, 0.25) is 0 Å². The third kappa shape index (κ3) is 3.33. The fourth-order valence-electron chi connectivity index (χ4n) is 4.92. The van der Waals surface area contributed by atoms with Gasteiger partial charge in [0.15, 0.2) is 0 Å². The fourth-order valence-corrected chi connectivity index (χ4v) is 4.92. The largest absolute Gasteiger partial charge is 0.303 e. The molecule has 2 aliphatic carbocycles. The first-order valence-corrected chi connectivity index (χ1v) is 8.66. The lowest BCUT2D eigenvalue weighted by Crippen LogP contribution is -2.26. The standard InChI is InChI=1S/C20H32O/c1-14(2)17-10-11-20(5)13-18(15(3)7-6-12-21)16(4)8-9-19(17)20/h12,15,17,19H,1,6-11,13H2,2-5H3/t15-,17-,19+,20-/m0/s1. The Kier molecular flexibility index (Phi) is 5.11. The lowest BCUT2D eigenvalue weighted by Gasteiger charge is -2.34. The summed E-state index contributed by atoms with van der Waals surface area (Å²) in [6.45, 7) is 13.6. The van der Waals surface area contributed by atoms with Crippen molar-refractivity contribution in [3.63, 3.8) is 0 Å². The van der Waals surface area contributed by atoms with Crippen molar-refractivity contribution < 1.29 is 4.79 Å². The normalized spacial score (nSPS) is 34.3. The highest BCUT2D eigenvalue weighted by molar-refractivity contribution is 5.49. The molecule has 1 fully saturated rings. The topological polar surface area (TPSA) is 17.1 Å². The smallest absolute Gasteiger partial charge is 0.120 e. The van der Waals surface area contributed by atoms with Crippen LogP contribution in [0.4, 0.5) is 0 Å². The Balaban J connectivity index is 2.20. The van der Waals surface area contributed by atoms with E-state index in [1.807, 2.05) is 0 Å². The monoisotopic (exact) mass is 288 g/mol. The first kappa shape index (κ1) is 16.5. The van der Waals surface area contributed by atoms with E-state index in [9.17, 15) is 4.79 Å². The summed E-state index contributed by atoms with van der Waals surface area (Å²) >= 11 is 0. The van der Waals surface area contributed by atoms with Crippen LogP contribution in [-0.2, 0) is 4.79 Å². The highest BCUT2D eigenvalue weighted by Crippen LogP contribution is 2.57. The van der Waals surface area contributed by atoms with E-state index in [1.54, 1.807) is 11.1 Å². The van der Waals surface area contributed by atoms with Gasteiger partial charge in [-0.1, -0.05) is 37.1 Å². The van der Waals surface area contributed by atoms with E-state index in [-0.39, 0.29) is 0 Å². The van der Waals surface area contributed by atoms with E-state index in [2.05, 4.69) is 34.3 Å². The van der Waals surface area contributed by atoms with Crippen LogP contribution in [0.3, 0.4) is 0 Å². The van der Waals surface area contributed by atoms with E-state index < -0.39 is 0 Å². The van der Waals surface area contributed by atoms with E-state index in [0.29, 0.717) is 17.8 Å². The second kappa shape index (κ2) is 6.50. The SMILES string of the molecule is C=C(C)[C@@H]1CC[C@@]2(C)CC([C@@H](C)CCC=O)=C(C)CC[C@H]12. The van der Waals surface area contributed by atoms with Crippen LogP contribution in [0.1, 0.15) is 72.6 Å². The van der Waals surface area contributed by atoms with Gasteiger partial charge in [0.2, 0.25) is 0 Å². The molecular weight excluding hydrogens is 256 g/mol. The number of rotatable bonds is 5. The zero-order valence-electron chi connectivity index (χ0n) is 14.4. The molecule has 0 bridgehead atoms. The predicted octanol–water partition coefficient (Wildman–Crippen LogP) is 5.71. The van der Waals surface area contributed by atoms with Crippen molar-refractivity contribution in [2.45, 2.75) is 72.6 Å². The van der Waals surface area contributed by atoms with Crippen molar-refractivity contribution in [1.29, 1.82) is 0 Å². The zero-order chi connectivity index (χ0) is 15.6. The molecule has 0 amide bonds. The third-order valence-corrected chi connectivity index (χ3v) is 6.33. The maximum atomic E-state index is 10.7. The summed E-state index contributed by atoms with van der Waals surface area (Å²) in [7, 11) is 0. The minimum absolute atomic E-state index is 0.451. The summed E-state index contributed by atoms with van der Waals surface area (Å²) < 4.78 is 0. The first-order chi connectivity index (χ1) is 9.89. The van der Waals surface area contributed by atoms with Crippen LogP contribution in [-0.4, -0.2) is 6.29 Å². The predicted molar refractivity (Wildman–Crippen MR) is 90.1 cm³/mol. The average molecular weight is 288 g/mol. The lowest BCUT2D eigenvalue weighted by atomic mass is 9.70. The quantitative estimate of drug-likeness (QED) is 0.467. The second-order valence-electron chi connectivity index (χ2n) is 7.92. The molecule has 0 aromatic heterocycles. The van der Waals surface area contributed by atoms with Gasteiger partial charge in [0.1, 0.15) is 6.29 Å². The number of hydrogen-bond donors (Lipinski definition) is 0. The van der Waals surface area contributed by atoms with Crippen molar-refractivity contribution in [3.05, 3.63) is 23.3 Å². The molecule has 0 heterocycles. The molecule has 1 heteroatoms. The van der Waals surface area contributed by atoms with Gasteiger partial charge >= 0.3 is 0 Å². The van der Waals surface area contributed by atoms with Crippen LogP contribution >= 0.6 is 0 Å². The molecule has 2 aliphatic rings. The van der Waals surface area contributed by atoms with Crippen LogP contribution < -0.4 is 0 Å². The van der Waals surface area contributed by atoms with Crippen molar-refractivity contribution in [3.8, 4) is 0 Å². The van der Waals surface area contributed by atoms with E-state index in [0.717, 1.165) is 24.5 Å². The van der Waals surface area contributed by atoms with Crippen molar-refractivity contribution >= 4 is 6.29 Å². The number of aldehydes is 1. The maximum Gasteiger partial charge on any atom is 0.120 e. The summed E-state index contributed by atoms with van der Waals surface area (Å²) in [5.41, 5.74) is 5.10. The Labute approximate surface area is 130 Å². The number of fused-ring (bicyclic) bond motifs is 1. The molecule has 4 atom stereocenters. The third-order valence-electron chi connectivity index (χ3n) is 6.33. The molecule has 0 radical (unpaired) electrons. The molecule has 0 aliphatic heterocycles. The Hall–Kier alpha value is -0.850. The maximum absolute atomic E-state index is 10.7. The minimum atomic E-state index is 0.451. The lowest BCUT2D eigenvalue weighted by molar-refractivity contribution is -0.108. The Morgan fingerprint density at radius 3 is 2.81 bits per heavy atom. The molecule has 0 spiro atoms. The van der Waals surface area contributed by atoms with Gasteiger partial charge in [-0.15, -0.1) is 0 Å². The first-order valence-electron chi connectivity index (χ1n) is 8.66. The Bertz CT molecular complexity index is 445. The molecule has 1 saturated carbocycles. The van der Waals surface area contributed by atoms with Gasteiger partial charge in [-0.25, -0.2) is 0 Å². The molecule has 0 aromatic rings. The molecule has 0 N–H and O–H groups in total. The Morgan fingerprint density at radius 2 is 2.19 bits per heavy atom. The van der Waals surface area contributed by atoms with Crippen LogP contribution in [0, 0.1) is 23.2 Å². The molecule has 0 saturated heterocycles. The summed E-state index contributed by atoms with van der Waals surface area (Å²) in [4.78, 5) is 10.7. The number of allylic oxidation sites excluding steroid dienone is 3. The van der Waals surface area contributed by atoms with E-state index in [4.69, 9.17) is 0 Å². The van der Waals surface area contributed by atoms with Crippen LogP contribution in [0.25, 0.3) is 0 Å². The summed E-state index contributed by atoms with van der Waals surface area (Å²) in [6.07, 6.45) is 9.26. The average Bonchev–Trinajstić information content (AvgIpc) is 2.70. The minimum Gasteiger partial charge on any atom is -0.303 e. The molecule has 2 rings (SSSR count). The number of carbonyl (C=O) groups excluding carboxylic acids is 1. The van der Waals surface area contributed by atoms with Crippen LogP contribution in [0.15, 0.2) is 23.3 Å². The van der Waals surface area contributed by atoms with Gasteiger partial charge in [-0.2, -0.15) is 0 Å². The van der Waals surface area contributed by atoms with Gasteiger partial charge in [0.05, 0.1) is 0 Å². The number of hydrogen-bond acceptors (Lipinski definition) is 1. The van der Waals surface area contributed by atoms with Crippen molar-refractivity contribution in [1.82, 2.24) is 0 Å². The van der Waals surface area contributed by atoms with Gasteiger partial charge in [0.25, 0.3) is 0 Å². The zero-order valence-corrected chi connectivity index (χ0v) is 14.4. The molecule has 0 aromatic carbocycles. The highest BCUT2D eigenvalue weighted by atomic mass is 16.1. The summed E-state index contributed by atoms with van der Waals surface area (Å²) in [5.74, 6) is 2.10. The summed E-state index contributed by atoms with van der Waals surface area (Å²) in [5, 5.41) is 0. The van der Waals surface area contributed by atoms with Gasteiger partial charge in [0, 0.05) is 6.42 Å².